The molecule has 108 valence electrons. The first kappa shape index (κ1) is 15.4. The molecule has 0 aromatic carbocycles. The fourth-order valence-corrected chi connectivity index (χ4v) is 1.33. The first-order valence-electron chi connectivity index (χ1n) is 6.72. The molecule has 0 radical (unpaired) electrons. The minimum Gasteiger partial charge on any atom is -0.463 e. The smallest absolute Gasteiger partial charge is 0.323 e. The fourth-order valence-electron chi connectivity index (χ4n) is 1.33. The highest BCUT2D eigenvalue weighted by Crippen LogP contribution is 2.09. The van der Waals surface area contributed by atoms with Gasteiger partial charge in [0, 0.05) is 19.8 Å². The minimum atomic E-state index is 0.158. The third-order valence-corrected chi connectivity index (χ3v) is 2.16. The standard InChI is InChI=1S/C12H23N5O2/c1-3-7-18-9-5-6-14-11-15-10(13)16-12(17-11)19-8-4-2/h3-9H2,1-2H3,(H3,13,14,15,16,17). The van der Waals surface area contributed by atoms with Gasteiger partial charge in [0.2, 0.25) is 11.9 Å². The van der Waals surface area contributed by atoms with E-state index in [1.54, 1.807) is 0 Å². The molecule has 1 rings (SSSR count). The van der Waals surface area contributed by atoms with Gasteiger partial charge in [-0.05, 0) is 19.3 Å². The zero-order chi connectivity index (χ0) is 13.9. The monoisotopic (exact) mass is 269 g/mol. The van der Waals surface area contributed by atoms with Crippen molar-refractivity contribution in [1.29, 1.82) is 0 Å². The first-order chi connectivity index (χ1) is 9.26. The van der Waals surface area contributed by atoms with E-state index in [2.05, 4.69) is 27.2 Å². The van der Waals surface area contributed by atoms with Crippen LogP contribution in [-0.4, -0.2) is 41.3 Å². The van der Waals surface area contributed by atoms with Gasteiger partial charge < -0.3 is 20.5 Å². The van der Waals surface area contributed by atoms with Crippen LogP contribution in [0.5, 0.6) is 6.01 Å². The van der Waals surface area contributed by atoms with E-state index < -0.39 is 0 Å². The Morgan fingerprint density at radius 1 is 1.05 bits per heavy atom. The topological polar surface area (TPSA) is 95.2 Å². The van der Waals surface area contributed by atoms with Crippen molar-refractivity contribution in [3.8, 4) is 6.01 Å². The highest BCUT2D eigenvalue weighted by Gasteiger charge is 2.04. The van der Waals surface area contributed by atoms with Crippen molar-refractivity contribution >= 4 is 11.9 Å². The highest BCUT2D eigenvalue weighted by molar-refractivity contribution is 5.32. The lowest BCUT2D eigenvalue weighted by molar-refractivity contribution is 0.134. The zero-order valence-electron chi connectivity index (χ0n) is 11.7. The number of anilines is 2. The second-order valence-corrected chi connectivity index (χ2v) is 4.04. The molecular formula is C12H23N5O2. The molecule has 0 unspecified atom stereocenters. The lowest BCUT2D eigenvalue weighted by Gasteiger charge is -2.07. The maximum atomic E-state index is 5.59. The summed E-state index contributed by atoms with van der Waals surface area (Å²) >= 11 is 0. The molecule has 0 amide bonds. The predicted octanol–water partition coefficient (Wildman–Crippen LogP) is 1.47. The molecule has 19 heavy (non-hydrogen) atoms. The molecule has 0 aliphatic carbocycles. The number of hydrogen-bond acceptors (Lipinski definition) is 7. The van der Waals surface area contributed by atoms with E-state index >= 15 is 0 Å². The minimum absolute atomic E-state index is 0.158. The Labute approximate surface area is 113 Å². The Balaban J connectivity index is 2.34. The summed E-state index contributed by atoms with van der Waals surface area (Å²) < 4.78 is 10.7. The molecule has 0 bridgehead atoms. The fraction of sp³-hybridized carbons (Fsp3) is 0.750. The van der Waals surface area contributed by atoms with Crippen molar-refractivity contribution < 1.29 is 9.47 Å². The Morgan fingerprint density at radius 3 is 2.58 bits per heavy atom. The Hall–Kier alpha value is -1.63. The molecule has 0 fully saturated rings. The van der Waals surface area contributed by atoms with Crippen LogP contribution in [-0.2, 0) is 4.74 Å². The molecule has 0 atom stereocenters. The average molecular weight is 269 g/mol. The van der Waals surface area contributed by atoms with E-state index in [0.29, 0.717) is 12.6 Å². The van der Waals surface area contributed by atoms with Gasteiger partial charge in [0.25, 0.3) is 0 Å². The van der Waals surface area contributed by atoms with Crippen LogP contribution in [0.1, 0.15) is 33.1 Å². The Bertz CT molecular complexity index is 362. The lowest BCUT2D eigenvalue weighted by atomic mass is 10.4. The first-order valence-corrected chi connectivity index (χ1v) is 6.72. The number of nitrogens with one attached hydrogen (secondary N) is 1. The second kappa shape index (κ2) is 9.32. The highest BCUT2D eigenvalue weighted by atomic mass is 16.5. The van der Waals surface area contributed by atoms with Gasteiger partial charge >= 0.3 is 6.01 Å². The van der Waals surface area contributed by atoms with Crippen LogP contribution in [0.4, 0.5) is 11.9 Å². The lowest BCUT2D eigenvalue weighted by Crippen LogP contribution is -2.12. The Morgan fingerprint density at radius 2 is 1.84 bits per heavy atom. The van der Waals surface area contributed by atoms with Crippen LogP contribution in [0.2, 0.25) is 0 Å². The number of ether oxygens (including phenoxy) is 2. The zero-order valence-corrected chi connectivity index (χ0v) is 11.7. The van der Waals surface area contributed by atoms with Gasteiger partial charge in [-0.1, -0.05) is 13.8 Å². The number of nitrogens with two attached hydrogens (primary N) is 1. The molecule has 0 saturated carbocycles. The van der Waals surface area contributed by atoms with Gasteiger partial charge in [0.05, 0.1) is 6.61 Å². The van der Waals surface area contributed by atoms with Crippen LogP contribution in [0.3, 0.4) is 0 Å². The SMILES string of the molecule is CCCOCCCNc1nc(N)nc(OCCC)n1. The molecule has 1 aromatic heterocycles. The molecule has 1 heterocycles. The maximum absolute atomic E-state index is 5.59. The van der Waals surface area contributed by atoms with Crippen molar-refractivity contribution in [2.24, 2.45) is 0 Å². The summed E-state index contributed by atoms with van der Waals surface area (Å²) in [4.78, 5) is 12.0. The van der Waals surface area contributed by atoms with E-state index in [1.165, 1.54) is 0 Å². The van der Waals surface area contributed by atoms with Gasteiger partial charge in [-0.3, -0.25) is 0 Å². The second-order valence-electron chi connectivity index (χ2n) is 4.04. The molecule has 7 nitrogen and oxygen atoms in total. The summed E-state index contributed by atoms with van der Waals surface area (Å²) in [6.45, 7) is 6.91. The van der Waals surface area contributed by atoms with Crippen molar-refractivity contribution in [3.63, 3.8) is 0 Å². The quantitative estimate of drug-likeness (QED) is 0.621. The van der Waals surface area contributed by atoms with Crippen molar-refractivity contribution in [2.75, 3.05) is 37.4 Å². The van der Waals surface area contributed by atoms with Crippen LogP contribution >= 0.6 is 0 Å². The van der Waals surface area contributed by atoms with E-state index in [9.17, 15) is 0 Å². The van der Waals surface area contributed by atoms with Crippen molar-refractivity contribution in [1.82, 2.24) is 15.0 Å². The average Bonchev–Trinajstić information content (AvgIpc) is 2.40. The number of hydrogen-bond donors (Lipinski definition) is 2. The van der Waals surface area contributed by atoms with E-state index in [-0.39, 0.29) is 12.0 Å². The van der Waals surface area contributed by atoms with Gasteiger partial charge in [-0.25, -0.2) is 0 Å². The summed E-state index contributed by atoms with van der Waals surface area (Å²) in [5.74, 6) is 0.597. The molecule has 3 N–H and O–H groups in total. The molecule has 0 aliphatic rings. The van der Waals surface area contributed by atoms with Crippen LogP contribution in [0.25, 0.3) is 0 Å². The summed E-state index contributed by atoms with van der Waals surface area (Å²) in [7, 11) is 0. The normalized spacial score (nSPS) is 10.4. The van der Waals surface area contributed by atoms with E-state index in [0.717, 1.165) is 39.0 Å². The van der Waals surface area contributed by atoms with Gasteiger partial charge in [0.15, 0.2) is 0 Å². The number of aromatic nitrogens is 3. The summed E-state index contributed by atoms with van der Waals surface area (Å²) in [6, 6.07) is 0.263. The molecule has 1 aromatic rings. The predicted molar refractivity (Wildman–Crippen MR) is 74.2 cm³/mol. The number of nitrogen functional groups attached to an aromatic ring is 1. The van der Waals surface area contributed by atoms with E-state index in [4.69, 9.17) is 15.2 Å². The van der Waals surface area contributed by atoms with E-state index in [1.807, 2.05) is 6.92 Å². The van der Waals surface area contributed by atoms with Crippen LogP contribution in [0, 0.1) is 0 Å². The molecule has 0 aliphatic heterocycles. The largest absolute Gasteiger partial charge is 0.463 e. The van der Waals surface area contributed by atoms with Crippen LogP contribution in [0.15, 0.2) is 0 Å². The van der Waals surface area contributed by atoms with Crippen molar-refractivity contribution in [2.45, 2.75) is 33.1 Å². The molecule has 0 saturated heterocycles. The summed E-state index contributed by atoms with van der Waals surface area (Å²) in [6.07, 6.45) is 2.81. The third-order valence-electron chi connectivity index (χ3n) is 2.16. The summed E-state index contributed by atoms with van der Waals surface area (Å²) in [5.41, 5.74) is 5.59. The van der Waals surface area contributed by atoms with Gasteiger partial charge in [-0.2, -0.15) is 15.0 Å². The molecule has 0 spiro atoms. The maximum Gasteiger partial charge on any atom is 0.323 e. The summed E-state index contributed by atoms with van der Waals surface area (Å²) in [5, 5.41) is 3.08. The third kappa shape index (κ3) is 6.76. The van der Waals surface area contributed by atoms with Gasteiger partial charge in [0.1, 0.15) is 0 Å². The molecular weight excluding hydrogens is 246 g/mol. The van der Waals surface area contributed by atoms with Crippen LogP contribution < -0.4 is 15.8 Å². The van der Waals surface area contributed by atoms with Gasteiger partial charge in [-0.15, -0.1) is 0 Å². The number of nitrogens with zero attached hydrogens (tertiary/aromatic N) is 3. The number of rotatable bonds is 10. The Kier molecular flexibility index (Phi) is 7.57. The molecule has 7 heteroatoms. The van der Waals surface area contributed by atoms with Crippen molar-refractivity contribution in [3.05, 3.63) is 0 Å².